The summed E-state index contributed by atoms with van der Waals surface area (Å²) in [6.07, 6.45) is 17.8. The van der Waals surface area contributed by atoms with Crippen LogP contribution in [0.1, 0.15) is 83.0 Å². The van der Waals surface area contributed by atoms with Crippen molar-refractivity contribution in [2.75, 3.05) is 0 Å². The van der Waals surface area contributed by atoms with Gasteiger partial charge in [-0.1, -0.05) is 50.3 Å². The smallest absolute Gasteiger partial charge is 0.113 e. The van der Waals surface area contributed by atoms with Gasteiger partial charge in [0, 0.05) is 6.42 Å². The van der Waals surface area contributed by atoms with Crippen LogP contribution in [0.4, 0.5) is 0 Å². The van der Waals surface area contributed by atoms with E-state index in [-0.39, 0.29) is 10.8 Å². The van der Waals surface area contributed by atoms with Gasteiger partial charge in [-0.2, -0.15) is 0 Å². The molecule has 1 aromatic heterocycles. The molecule has 0 spiro atoms. The monoisotopic (exact) mass is 492 g/mol. The second-order valence-electron chi connectivity index (χ2n) is 12.5. The fourth-order valence-corrected chi connectivity index (χ4v) is 7.72. The van der Waals surface area contributed by atoms with Crippen molar-refractivity contribution in [1.82, 2.24) is 0 Å². The van der Waals surface area contributed by atoms with E-state index in [0.717, 1.165) is 41.7 Å². The standard InChI is InChI=1S/C32H44O4/c1-20-16-30(36-19-20)32(14-15-32)29(35)12-7-21(2)26-10-11-27-23(6-5-13-31(26,27)4)8-9-24-17-25(33)18-28(34)22(24)3/h7-9,12,16,19,21,25-29,33-35H,3,5-6,10-11,13-15,17-18H2,1-2,4H3/t21-,25-,26-,27+,28+,29+,31-/m1/s1. The summed E-state index contributed by atoms with van der Waals surface area (Å²) in [7, 11) is 0. The normalized spacial score (nSPS) is 38.0. The number of hydrogen-bond acceptors (Lipinski definition) is 4. The number of allylic oxidation sites excluding steroid dienone is 4. The minimum atomic E-state index is -0.638. The minimum Gasteiger partial charge on any atom is -0.468 e. The average Bonchev–Trinajstić information content (AvgIpc) is 3.41. The molecule has 4 aliphatic rings. The molecular weight excluding hydrogens is 448 g/mol. The van der Waals surface area contributed by atoms with Gasteiger partial charge >= 0.3 is 0 Å². The highest BCUT2D eigenvalue weighted by atomic mass is 16.3. The van der Waals surface area contributed by atoms with Gasteiger partial charge in [0.05, 0.1) is 30.0 Å². The third-order valence-corrected chi connectivity index (χ3v) is 10.1. The van der Waals surface area contributed by atoms with Crippen LogP contribution in [-0.4, -0.2) is 33.6 Å². The number of aryl methyl sites for hydroxylation is 1. The Bertz CT molecular complexity index is 1070. The van der Waals surface area contributed by atoms with Crippen molar-refractivity contribution in [3.8, 4) is 0 Å². The zero-order chi connectivity index (χ0) is 25.7. The van der Waals surface area contributed by atoms with Crippen LogP contribution in [0.3, 0.4) is 0 Å². The predicted molar refractivity (Wildman–Crippen MR) is 143 cm³/mol. The first-order chi connectivity index (χ1) is 17.1. The molecule has 4 fully saturated rings. The van der Waals surface area contributed by atoms with Crippen molar-refractivity contribution in [2.24, 2.45) is 23.2 Å². The van der Waals surface area contributed by atoms with Gasteiger partial charge in [-0.05, 0) is 104 Å². The molecule has 5 rings (SSSR count). The molecule has 0 aliphatic heterocycles. The maximum absolute atomic E-state index is 11.1. The molecule has 0 amide bonds. The second-order valence-corrected chi connectivity index (χ2v) is 12.5. The highest BCUT2D eigenvalue weighted by Gasteiger charge is 2.53. The molecule has 4 aliphatic carbocycles. The van der Waals surface area contributed by atoms with E-state index in [1.807, 2.05) is 13.0 Å². The summed E-state index contributed by atoms with van der Waals surface area (Å²) in [5, 5.41) is 31.4. The number of fused-ring (bicyclic) bond motifs is 1. The number of hydrogen-bond donors (Lipinski definition) is 3. The van der Waals surface area contributed by atoms with Crippen LogP contribution in [0.2, 0.25) is 0 Å². The first-order valence-corrected chi connectivity index (χ1v) is 14.0. The van der Waals surface area contributed by atoms with Crippen LogP contribution >= 0.6 is 0 Å². The lowest BCUT2D eigenvalue weighted by molar-refractivity contribution is 0.0862. The highest BCUT2D eigenvalue weighted by Crippen LogP contribution is 2.60. The Kier molecular flexibility index (Phi) is 6.99. The zero-order valence-electron chi connectivity index (χ0n) is 22.2. The summed E-state index contributed by atoms with van der Waals surface area (Å²) in [4.78, 5) is 0. The number of aliphatic hydroxyl groups is 3. The summed E-state index contributed by atoms with van der Waals surface area (Å²) < 4.78 is 5.76. The first kappa shape index (κ1) is 25.8. The molecule has 196 valence electrons. The van der Waals surface area contributed by atoms with Gasteiger partial charge in [0.15, 0.2) is 0 Å². The van der Waals surface area contributed by atoms with Crippen LogP contribution in [0.15, 0.2) is 64.3 Å². The molecular formula is C32H44O4. The van der Waals surface area contributed by atoms with Crippen molar-refractivity contribution < 1.29 is 19.7 Å². The maximum atomic E-state index is 11.1. The van der Waals surface area contributed by atoms with Gasteiger partial charge in [0.25, 0.3) is 0 Å². The van der Waals surface area contributed by atoms with Crippen LogP contribution in [0.5, 0.6) is 0 Å². The summed E-state index contributed by atoms with van der Waals surface area (Å²) in [5.74, 6) is 2.50. The quantitative estimate of drug-likeness (QED) is 0.407. The number of aliphatic hydroxyl groups excluding tert-OH is 3. The van der Waals surface area contributed by atoms with Gasteiger partial charge in [0.1, 0.15) is 5.76 Å². The van der Waals surface area contributed by atoms with E-state index in [0.29, 0.717) is 30.6 Å². The molecule has 0 radical (unpaired) electrons. The lowest BCUT2D eigenvalue weighted by Gasteiger charge is -2.44. The van der Waals surface area contributed by atoms with Gasteiger partial charge in [-0.3, -0.25) is 0 Å². The van der Waals surface area contributed by atoms with E-state index in [4.69, 9.17) is 4.42 Å². The molecule has 36 heavy (non-hydrogen) atoms. The van der Waals surface area contributed by atoms with Gasteiger partial charge in [0.2, 0.25) is 0 Å². The largest absolute Gasteiger partial charge is 0.468 e. The maximum Gasteiger partial charge on any atom is 0.113 e. The Morgan fingerprint density at radius 2 is 1.92 bits per heavy atom. The number of furan rings is 1. The third kappa shape index (κ3) is 4.61. The Labute approximate surface area is 216 Å². The van der Waals surface area contributed by atoms with E-state index in [9.17, 15) is 15.3 Å². The summed E-state index contributed by atoms with van der Waals surface area (Å²) in [6.45, 7) is 10.9. The topological polar surface area (TPSA) is 73.8 Å². The molecule has 4 saturated carbocycles. The fourth-order valence-electron chi connectivity index (χ4n) is 7.72. The molecule has 0 bridgehead atoms. The average molecular weight is 493 g/mol. The SMILES string of the molecule is C=C1C(=CC=C2CCC[C@]3(C)[C@@H]([C@H](C)C=C[C@H](O)C4(c5cc(C)co5)CC4)CC[C@@H]23)C[C@@H](O)C[C@@H]1O. The first-order valence-electron chi connectivity index (χ1n) is 14.0. The van der Waals surface area contributed by atoms with Crippen LogP contribution in [-0.2, 0) is 5.41 Å². The van der Waals surface area contributed by atoms with Gasteiger partial charge in [-0.15, -0.1) is 0 Å². The Balaban J connectivity index is 1.29. The van der Waals surface area contributed by atoms with E-state index >= 15 is 0 Å². The van der Waals surface area contributed by atoms with Crippen LogP contribution in [0.25, 0.3) is 0 Å². The van der Waals surface area contributed by atoms with Crippen molar-refractivity contribution >= 4 is 0 Å². The second kappa shape index (κ2) is 9.78. The van der Waals surface area contributed by atoms with Gasteiger partial charge in [-0.25, -0.2) is 0 Å². The molecule has 4 nitrogen and oxygen atoms in total. The summed E-state index contributed by atoms with van der Waals surface area (Å²) in [6, 6.07) is 2.07. The van der Waals surface area contributed by atoms with Crippen LogP contribution in [0, 0.1) is 30.1 Å². The fraction of sp³-hybridized carbons (Fsp3) is 0.625. The minimum absolute atomic E-state index is 0.231. The van der Waals surface area contributed by atoms with Crippen molar-refractivity contribution in [3.05, 3.63) is 71.3 Å². The molecule has 7 atom stereocenters. The van der Waals surface area contributed by atoms with E-state index < -0.39 is 18.3 Å². The molecule has 0 unspecified atom stereocenters. The van der Waals surface area contributed by atoms with Crippen molar-refractivity contribution in [2.45, 2.75) is 102 Å². The zero-order valence-corrected chi connectivity index (χ0v) is 22.2. The molecule has 1 aromatic rings. The van der Waals surface area contributed by atoms with E-state index in [2.05, 4.69) is 44.7 Å². The molecule has 1 heterocycles. The van der Waals surface area contributed by atoms with Crippen molar-refractivity contribution in [1.29, 1.82) is 0 Å². The molecule has 0 saturated heterocycles. The Morgan fingerprint density at radius 1 is 1.14 bits per heavy atom. The van der Waals surface area contributed by atoms with Crippen molar-refractivity contribution in [3.63, 3.8) is 0 Å². The molecule has 0 aromatic carbocycles. The third-order valence-electron chi connectivity index (χ3n) is 10.1. The van der Waals surface area contributed by atoms with E-state index in [1.54, 1.807) is 6.26 Å². The lowest BCUT2D eigenvalue weighted by atomic mass is 9.61. The van der Waals surface area contributed by atoms with E-state index in [1.165, 1.54) is 31.3 Å². The highest BCUT2D eigenvalue weighted by molar-refractivity contribution is 5.39. The number of rotatable bonds is 6. The lowest BCUT2D eigenvalue weighted by Crippen LogP contribution is -2.35. The molecule has 3 N–H and O–H groups in total. The molecule has 4 heteroatoms. The summed E-state index contributed by atoms with van der Waals surface area (Å²) in [5.41, 5.74) is 4.41. The predicted octanol–water partition coefficient (Wildman–Crippen LogP) is 6.31. The van der Waals surface area contributed by atoms with Gasteiger partial charge < -0.3 is 19.7 Å². The Morgan fingerprint density at radius 3 is 2.61 bits per heavy atom. The van der Waals surface area contributed by atoms with Crippen LogP contribution < -0.4 is 0 Å². The summed E-state index contributed by atoms with van der Waals surface area (Å²) >= 11 is 0. The Hall–Kier alpha value is -1.88.